The van der Waals surface area contributed by atoms with Gasteiger partial charge in [0.1, 0.15) is 0 Å². The minimum atomic E-state index is -5.72. The van der Waals surface area contributed by atoms with Crippen molar-refractivity contribution < 1.29 is 53.3 Å². The van der Waals surface area contributed by atoms with Crippen molar-refractivity contribution >= 4 is 37.3 Å². The SMILES string of the molecule is COC(=O)[C@@](CCC(=O)O)([C@H](C(=O)O)N1C(=O)CCC1=O)P(=O)(O)O. The highest BCUT2D eigenvalue weighted by Crippen LogP contribution is 2.57. The summed E-state index contributed by atoms with van der Waals surface area (Å²) < 4.78 is 16.4. The van der Waals surface area contributed by atoms with E-state index in [4.69, 9.17) is 5.11 Å². The predicted octanol–water partition coefficient (Wildman–Crippen LogP) is -1.46. The van der Waals surface area contributed by atoms with E-state index < -0.39 is 74.2 Å². The van der Waals surface area contributed by atoms with Gasteiger partial charge >= 0.3 is 25.5 Å². The highest BCUT2D eigenvalue weighted by molar-refractivity contribution is 7.55. The van der Waals surface area contributed by atoms with E-state index in [1.165, 1.54) is 0 Å². The number of methoxy groups -OCH3 is 1. The molecule has 0 radical (unpaired) electrons. The third kappa shape index (κ3) is 3.70. The van der Waals surface area contributed by atoms with E-state index in [1.807, 2.05) is 0 Å². The third-order valence-corrected chi connectivity index (χ3v) is 5.50. The fourth-order valence-corrected chi connectivity index (χ4v) is 3.94. The molecule has 2 amide bonds. The molecule has 0 spiro atoms. The van der Waals surface area contributed by atoms with Crippen LogP contribution in [0.2, 0.25) is 0 Å². The smallest absolute Gasteiger partial charge is 0.345 e. The molecule has 1 heterocycles. The van der Waals surface area contributed by atoms with E-state index in [0.29, 0.717) is 7.11 Å². The van der Waals surface area contributed by atoms with Crippen LogP contribution >= 0.6 is 7.60 Å². The Morgan fingerprint density at radius 2 is 1.68 bits per heavy atom. The molecule has 0 bridgehead atoms. The lowest BCUT2D eigenvalue weighted by molar-refractivity contribution is -0.162. The van der Waals surface area contributed by atoms with Crippen LogP contribution < -0.4 is 0 Å². The van der Waals surface area contributed by atoms with E-state index in [0.717, 1.165) is 0 Å². The van der Waals surface area contributed by atoms with E-state index >= 15 is 0 Å². The molecule has 0 aromatic carbocycles. The standard InChI is InChI=1S/C12H16NO11P/c1-24-11(20)12(25(21,22)23,5-4-8(16)17)9(10(18)19)13-6(14)2-3-7(13)15/h9H,2-5H2,1H3,(H,16,17)(H,18,19)(H2,21,22,23)/t9-,12+/m0/s1. The van der Waals surface area contributed by atoms with Crippen LogP contribution in [0.3, 0.4) is 0 Å². The van der Waals surface area contributed by atoms with E-state index in [9.17, 15) is 43.4 Å². The van der Waals surface area contributed by atoms with E-state index in [-0.39, 0.29) is 4.90 Å². The van der Waals surface area contributed by atoms with Crippen molar-refractivity contribution in [3.05, 3.63) is 0 Å². The number of carboxylic acid groups (broad SMARTS) is 2. The molecule has 12 nitrogen and oxygen atoms in total. The van der Waals surface area contributed by atoms with Crippen LogP contribution in [0.25, 0.3) is 0 Å². The number of amides is 2. The Balaban J connectivity index is 3.69. The Morgan fingerprint density at radius 3 is 2.00 bits per heavy atom. The van der Waals surface area contributed by atoms with Crippen LogP contribution in [0.4, 0.5) is 0 Å². The summed E-state index contributed by atoms with van der Waals surface area (Å²) in [7, 11) is -5.01. The number of rotatable bonds is 8. The van der Waals surface area contributed by atoms with Crippen LogP contribution in [0, 0.1) is 0 Å². The average molecular weight is 381 g/mol. The molecule has 1 saturated heterocycles. The number of ether oxygens (including phenoxy) is 1. The van der Waals surface area contributed by atoms with Crippen molar-refractivity contribution in [2.24, 2.45) is 0 Å². The zero-order chi connectivity index (χ0) is 19.6. The van der Waals surface area contributed by atoms with Gasteiger partial charge in [0.15, 0.2) is 6.04 Å². The molecule has 2 atom stereocenters. The molecule has 13 heteroatoms. The molecule has 1 aliphatic heterocycles. The van der Waals surface area contributed by atoms with Gasteiger partial charge in [-0.15, -0.1) is 0 Å². The summed E-state index contributed by atoms with van der Waals surface area (Å²) in [6, 6.07) is -2.61. The second kappa shape index (κ2) is 7.30. The zero-order valence-corrected chi connectivity index (χ0v) is 13.8. The predicted molar refractivity (Wildman–Crippen MR) is 76.2 cm³/mol. The van der Waals surface area contributed by atoms with Crippen molar-refractivity contribution in [1.29, 1.82) is 0 Å². The number of carboxylic acids is 2. The van der Waals surface area contributed by atoms with Crippen molar-refractivity contribution in [3.8, 4) is 0 Å². The summed E-state index contributed by atoms with van der Waals surface area (Å²) in [5.41, 5.74) is 0. The first-order valence-corrected chi connectivity index (χ1v) is 8.45. The molecule has 25 heavy (non-hydrogen) atoms. The van der Waals surface area contributed by atoms with Crippen LogP contribution in [-0.2, 0) is 33.3 Å². The summed E-state index contributed by atoms with van der Waals surface area (Å²) in [4.78, 5) is 77.9. The minimum Gasteiger partial charge on any atom is -0.481 e. The number of carbonyl (C=O) groups is 5. The number of aliphatic carboxylic acids is 2. The first kappa shape index (κ1) is 20.7. The van der Waals surface area contributed by atoms with Crippen molar-refractivity contribution in [2.45, 2.75) is 36.9 Å². The van der Waals surface area contributed by atoms with Gasteiger partial charge in [0.05, 0.1) is 7.11 Å². The Bertz CT molecular complexity index is 652. The fraction of sp³-hybridized carbons (Fsp3) is 0.583. The molecular formula is C12H16NO11P. The van der Waals surface area contributed by atoms with Gasteiger partial charge in [-0.3, -0.25) is 28.6 Å². The maximum atomic E-state index is 12.2. The maximum Gasteiger partial charge on any atom is 0.345 e. The number of likely N-dealkylation sites (tertiary alicyclic amines) is 1. The van der Waals surface area contributed by atoms with Crippen LogP contribution in [-0.4, -0.2) is 72.9 Å². The zero-order valence-electron chi connectivity index (χ0n) is 12.9. The molecule has 1 fully saturated rings. The summed E-state index contributed by atoms with van der Waals surface area (Å²) in [6.45, 7) is 0. The third-order valence-electron chi connectivity index (χ3n) is 3.81. The van der Waals surface area contributed by atoms with Gasteiger partial charge in [0, 0.05) is 19.3 Å². The molecule has 1 aliphatic rings. The van der Waals surface area contributed by atoms with Crippen LogP contribution in [0.15, 0.2) is 0 Å². The lowest BCUT2D eigenvalue weighted by Gasteiger charge is -2.39. The number of imide groups is 1. The lowest BCUT2D eigenvalue weighted by Crippen LogP contribution is -2.62. The number of esters is 1. The van der Waals surface area contributed by atoms with Gasteiger partial charge in [-0.2, -0.15) is 0 Å². The van der Waals surface area contributed by atoms with Crippen molar-refractivity contribution in [2.75, 3.05) is 7.11 Å². The Hall–Kier alpha value is -2.30. The Kier molecular flexibility index (Phi) is 6.05. The van der Waals surface area contributed by atoms with Crippen LogP contribution in [0.1, 0.15) is 25.7 Å². The summed E-state index contributed by atoms with van der Waals surface area (Å²) in [5, 5.41) is 15.0. The minimum absolute atomic E-state index is 0.0835. The number of hydrogen-bond donors (Lipinski definition) is 4. The second-order valence-electron chi connectivity index (χ2n) is 5.25. The van der Waals surface area contributed by atoms with Gasteiger partial charge in [0.25, 0.3) is 0 Å². The van der Waals surface area contributed by atoms with Gasteiger partial charge < -0.3 is 24.7 Å². The average Bonchev–Trinajstić information content (AvgIpc) is 2.80. The largest absolute Gasteiger partial charge is 0.481 e. The highest BCUT2D eigenvalue weighted by Gasteiger charge is 2.66. The molecule has 0 unspecified atom stereocenters. The topological polar surface area (TPSA) is 196 Å². The summed E-state index contributed by atoms with van der Waals surface area (Å²) >= 11 is 0. The second-order valence-corrected chi connectivity index (χ2v) is 7.14. The van der Waals surface area contributed by atoms with Gasteiger partial charge in [-0.1, -0.05) is 0 Å². The Morgan fingerprint density at radius 1 is 1.20 bits per heavy atom. The molecule has 0 aromatic rings. The van der Waals surface area contributed by atoms with Gasteiger partial charge in [-0.25, -0.2) is 4.79 Å². The van der Waals surface area contributed by atoms with Gasteiger partial charge in [0.2, 0.25) is 17.0 Å². The molecule has 0 aromatic heterocycles. The monoisotopic (exact) mass is 381 g/mol. The highest BCUT2D eigenvalue weighted by atomic mass is 31.2. The van der Waals surface area contributed by atoms with Crippen molar-refractivity contribution in [1.82, 2.24) is 4.90 Å². The molecule has 1 rings (SSSR count). The Labute approximate surface area is 140 Å². The summed E-state index contributed by atoms with van der Waals surface area (Å²) in [6.07, 6.45) is -2.98. The molecule has 140 valence electrons. The normalized spacial score (nSPS) is 18.6. The molecular weight excluding hydrogens is 365 g/mol. The quantitative estimate of drug-likeness (QED) is 0.218. The van der Waals surface area contributed by atoms with Crippen molar-refractivity contribution in [3.63, 3.8) is 0 Å². The molecule has 0 aliphatic carbocycles. The number of nitrogens with zero attached hydrogens (tertiary/aromatic N) is 1. The van der Waals surface area contributed by atoms with Crippen LogP contribution in [0.5, 0.6) is 0 Å². The first-order valence-electron chi connectivity index (χ1n) is 6.83. The number of hydrogen-bond acceptors (Lipinski definition) is 7. The first-order chi connectivity index (χ1) is 11.4. The van der Waals surface area contributed by atoms with E-state index in [1.54, 1.807) is 0 Å². The van der Waals surface area contributed by atoms with E-state index in [2.05, 4.69) is 4.74 Å². The lowest BCUT2D eigenvalue weighted by atomic mass is 9.91. The maximum absolute atomic E-state index is 12.2. The number of carbonyl (C=O) groups excluding carboxylic acids is 3. The molecule has 0 saturated carbocycles. The van der Waals surface area contributed by atoms with Gasteiger partial charge in [-0.05, 0) is 6.42 Å². The summed E-state index contributed by atoms with van der Waals surface area (Å²) in [5.74, 6) is -7.46. The molecule has 4 N–H and O–H groups in total. The fourth-order valence-electron chi connectivity index (χ4n) is 2.66.